The fourth-order valence-electron chi connectivity index (χ4n) is 1.57. The van der Waals surface area contributed by atoms with Crippen LogP contribution in [0.1, 0.15) is 38.7 Å². The zero-order chi connectivity index (χ0) is 15.0. The third kappa shape index (κ3) is 5.85. The molecule has 0 saturated heterocycles. The summed E-state index contributed by atoms with van der Waals surface area (Å²) in [7, 11) is 0. The number of hydrogen-bond acceptors (Lipinski definition) is 2. The van der Waals surface area contributed by atoms with Gasteiger partial charge in [-0.1, -0.05) is 25.7 Å². The highest BCUT2D eigenvalue weighted by atomic mass is 19.1. The van der Waals surface area contributed by atoms with Crippen molar-refractivity contribution < 1.29 is 14.3 Å². The number of aliphatic hydroxyl groups excluding tert-OH is 1. The second kappa shape index (κ2) is 8.34. The Hall–Kier alpha value is -1.86. The molecular formula is C16H20FNO2. The van der Waals surface area contributed by atoms with Gasteiger partial charge in [0, 0.05) is 12.8 Å². The molecule has 0 spiro atoms. The summed E-state index contributed by atoms with van der Waals surface area (Å²) in [6, 6.07) is 4.07. The molecule has 0 aliphatic heterocycles. The molecule has 1 rings (SSSR count). The molecule has 0 saturated carbocycles. The number of anilines is 1. The predicted octanol–water partition coefficient (Wildman–Crippen LogP) is 2.93. The van der Waals surface area contributed by atoms with Gasteiger partial charge in [0.1, 0.15) is 5.82 Å². The molecule has 0 heterocycles. The fourth-order valence-corrected chi connectivity index (χ4v) is 1.57. The normalized spacial score (nSPS) is 10.1. The Bertz CT molecular complexity index is 515. The highest BCUT2D eigenvalue weighted by Gasteiger charge is 2.07. The van der Waals surface area contributed by atoms with Crippen molar-refractivity contribution in [2.75, 3.05) is 11.9 Å². The van der Waals surface area contributed by atoms with Gasteiger partial charge in [0.05, 0.1) is 17.9 Å². The molecule has 1 amide bonds. The zero-order valence-electron chi connectivity index (χ0n) is 11.9. The van der Waals surface area contributed by atoms with Gasteiger partial charge in [0.15, 0.2) is 0 Å². The summed E-state index contributed by atoms with van der Waals surface area (Å²) in [6.07, 6.45) is 1.55. The molecule has 0 aromatic heterocycles. The smallest absolute Gasteiger partial charge is 0.224 e. The van der Waals surface area contributed by atoms with Crippen molar-refractivity contribution in [3.8, 4) is 11.8 Å². The van der Waals surface area contributed by atoms with Gasteiger partial charge in [0.25, 0.3) is 0 Å². The van der Waals surface area contributed by atoms with Gasteiger partial charge in [-0.25, -0.2) is 4.39 Å². The van der Waals surface area contributed by atoms with E-state index in [2.05, 4.69) is 31.0 Å². The third-order valence-electron chi connectivity index (χ3n) is 2.66. The van der Waals surface area contributed by atoms with Crippen molar-refractivity contribution in [1.29, 1.82) is 0 Å². The molecule has 3 nitrogen and oxygen atoms in total. The second-order valence-corrected chi connectivity index (χ2v) is 4.95. The summed E-state index contributed by atoms with van der Waals surface area (Å²) in [5, 5.41) is 11.4. The Balaban J connectivity index is 2.79. The van der Waals surface area contributed by atoms with Crippen LogP contribution in [0, 0.1) is 23.6 Å². The van der Waals surface area contributed by atoms with Gasteiger partial charge in [-0.2, -0.15) is 0 Å². The van der Waals surface area contributed by atoms with Gasteiger partial charge in [-0.15, -0.1) is 0 Å². The lowest BCUT2D eigenvalue weighted by molar-refractivity contribution is -0.116. The number of rotatable bonds is 5. The molecule has 0 unspecified atom stereocenters. The van der Waals surface area contributed by atoms with E-state index in [1.807, 2.05) is 0 Å². The first-order chi connectivity index (χ1) is 9.52. The standard InChI is InChI=1S/C16H20FNO2/c1-12(2)6-9-16(20)18-15-8-7-14(17)11-13(15)5-3-4-10-19/h7-8,11-12,19H,4,6,9-10H2,1-2H3,(H,18,20). The minimum absolute atomic E-state index is 0.0433. The van der Waals surface area contributed by atoms with Gasteiger partial charge in [-0.05, 0) is 30.5 Å². The van der Waals surface area contributed by atoms with E-state index in [0.29, 0.717) is 30.0 Å². The summed E-state index contributed by atoms with van der Waals surface area (Å²) in [5.74, 6) is 5.44. The molecular weight excluding hydrogens is 257 g/mol. The van der Waals surface area contributed by atoms with Crippen LogP contribution in [-0.2, 0) is 4.79 Å². The van der Waals surface area contributed by atoms with Crippen molar-refractivity contribution in [2.45, 2.75) is 33.1 Å². The fraction of sp³-hybridized carbons (Fsp3) is 0.438. The first-order valence-electron chi connectivity index (χ1n) is 6.72. The third-order valence-corrected chi connectivity index (χ3v) is 2.66. The number of aliphatic hydroxyl groups is 1. The summed E-state index contributed by atoms with van der Waals surface area (Å²) < 4.78 is 13.2. The number of amides is 1. The summed E-state index contributed by atoms with van der Waals surface area (Å²) in [6.45, 7) is 4.06. The first kappa shape index (κ1) is 16.2. The van der Waals surface area contributed by atoms with Crippen LogP contribution in [0.5, 0.6) is 0 Å². The first-order valence-corrected chi connectivity index (χ1v) is 6.72. The van der Waals surface area contributed by atoms with Gasteiger partial charge >= 0.3 is 0 Å². The topological polar surface area (TPSA) is 49.3 Å². The van der Waals surface area contributed by atoms with Crippen LogP contribution in [0.15, 0.2) is 18.2 Å². The minimum atomic E-state index is -0.404. The van der Waals surface area contributed by atoms with Crippen molar-refractivity contribution >= 4 is 11.6 Å². The lowest BCUT2D eigenvalue weighted by Gasteiger charge is -2.09. The molecule has 0 radical (unpaired) electrons. The highest BCUT2D eigenvalue weighted by molar-refractivity contribution is 5.92. The maximum Gasteiger partial charge on any atom is 0.224 e. The van der Waals surface area contributed by atoms with Crippen LogP contribution in [-0.4, -0.2) is 17.6 Å². The Morgan fingerprint density at radius 1 is 1.45 bits per heavy atom. The molecule has 4 heteroatoms. The zero-order valence-corrected chi connectivity index (χ0v) is 11.9. The lowest BCUT2D eigenvalue weighted by atomic mass is 10.1. The number of halogens is 1. The Labute approximate surface area is 119 Å². The molecule has 0 atom stereocenters. The van der Waals surface area contributed by atoms with Crippen molar-refractivity contribution in [1.82, 2.24) is 0 Å². The Morgan fingerprint density at radius 2 is 2.20 bits per heavy atom. The van der Waals surface area contributed by atoms with Gasteiger partial charge in [-0.3, -0.25) is 4.79 Å². The molecule has 2 N–H and O–H groups in total. The maximum atomic E-state index is 13.2. The SMILES string of the molecule is CC(C)CCC(=O)Nc1ccc(F)cc1C#CCCO. The quantitative estimate of drug-likeness (QED) is 0.813. The Kier molecular flexibility index (Phi) is 6.75. The summed E-state index contributed by atoms with van der Waals surface area (Å²) in [5.41, 5.74) is 0.932. The molecule has 1 aromatic carbocycles. The second-order valence-electron chi connectivity index (χ2n) is 4.95. The lowest BCUT2D eigenvalue weighted by Crippen LogP contribution is -2.13. The predicted molar refractivity (Wildman–Crippen MR) is 77.7 cm³/mol. The molecule has 20 heavy (non-hydrogen) atoms. The van der Waals surface area contributed by atoms with E-state index in [1.165, 1.54) is 18.2 Å². The maximum absolute atomic E-state index is 13.2. The molecule has 1 aromatic rings. The van der Waals surface area contributed by atoms with E-state index < -0.39 is 5.82 Å². The number of carbonyl (C=O) groups excluding carboxylic acids is 1. The number of benzene rings is 1. The van der Waals surface area contributed by atoms with E-state index in [9.17, 15) is 9.18 Å². The van der Waals surface area contributed by atoms with Crippen LogP contribution in [0.3, 0.4) is 0 Å². The average Bonchev–Trinajstić information content (AvgIpc) is 2.39. The van der Waals surface area contributed by atoms with Gasteiger partial charge < -0.3 is 10.4 Å². The molecule has 0 bridgehead atoms. The van der Waals surface area contributed by atoms with Crippen molar-refractivity contribution in [3.05, 3.63) is 29.6 Å². The Morgan fingerprint density at radius 3 is 2.85 bits per heavy atom. The number of hydrogen-bond donors (Lipinski definition) is 2. The van der Waals surface area contributed by atoms with E-state index >= 15 is 0 Å². The minimum Gasteiger partial charge on any atom is -0.395 e. The van der Waals surface area contributed by atoms with Gasteiger partial charge in [0.2, 0.25) is 5.91 Å². The van der Waals surface area contributed by atoms with Crippen LogP contribution in [0.2, 0.25) is 0 Å². The van der Waals surface area contributed by atoms with E-state index in [4.69, 9.17) is 5.11 Å². The largest absolute Gasteiger partial charge is 0.395 e. The molecule has 0 fully saturated rings. The van der Waals surface area contributed by atoms with E-state index in [1.54, 1.807) is 0 Å². The van der Waals surface area contributed by atoms with Crippen molar-refractivity contribution in [3.63, 3.8) is 0 Å². The monoisotopic (exact) mass is 277 g/mol. The van der Waals surface area contributed by atoms with Crippen LogP contribution in [0.25, 0.3) is 0 Å². The molecule has 108 valence electrons. The highest BCUT2D eigenvalue weighted by Crippen LogP contribution is 2.17. The number of nitrogens with one attached hydrogen (secondary N) is 1. The van der Waals surface area contributed by atoms with E-state index in [0.717, 1.165) is 6.42 Å². The summed E-state index contributed by atoms with van der Waals surface area (Å²) >= 11 is 0. The van der Waals surface area contributed by atoms with Crippen molar-refractivity contribution in [2.24, 2.45) is 5.92 Å². The van der Waals surface area contributed by atoms with Crippen LogP contribution < -0.4 is 5.32 Å². The van der Waals surface area contributed by atoms with E-state index in [-0.39, 0.29) is 12.5 Å². The van der Waals surface area contributed by atoms with Crippen LogP contribution in [0.4, 0.5) is 10.1 Å². The number of carbonyl (C=O) groups is 1. The molecule has 0 aliphatic rings. The summed E-state index contributed by atoms with van der Waals surface area (Å²) in [4.78, 5) is 11.8. The average molecular weight is 277 g/mol. The van der Waals surface area contributed by atoms with Crippen LogP contribution >= 0.6 is 0 Å². The molecule has 0 aliphatic carbocycles.